The maximum atomic E-state index is 15.3. The molecule has 0 spiro atoms. The molecule has 7 heteroatoms. The van der Waals surface area contributed by atoms with Crippen molar-refractivity contribution in [2.75, 3.05) is 33.0 Å². The number of fused-ring (bicyclic) bond motifs is 1. The molecule has 7 atom stereocenters. The quantitative estimate of drug-likeness (QED) is 0.0341. The van der Waals surface area contributed by atoms with E-state index in [1.807, 2.05) is 0 Å². The molecule has 0 aromatic rings. The molecule has 0 N–H and O–H groups in total. The van der Waals surface area contributed by atoms with Gasteiger partial charge in [-0.3, -0.25) is 0 Å². The van der Waals surface area contributed by atoms with Gasteiger partial charge < -0.3 is 14.2 Å². The van der Waals surface area contributed by atoms with Crippen LogP contribution in [-0.2, 0) is 28.8 Å². The van der Waals surface area contributed by atoms with Crippen molar-refractivity contribution < 1.29 is 33.2 Å². The molecular weight excluding hydrogens is 523 g/mol. The summed E-state index contributed by atoms with van der Waals surface area (Å²) in [6.07, 6.45) is 20.8. The molecule has 0 bridgehead atoms. The predicted octanol–water partition coefficient (Wildman–Crippen LogP) is 8.10. The van der Waals surface area contributed by atoms with Gasteiger partial charge in [0, 0.05) is 25.7 Å². The van der Waals surface area contributed by atoms with Gasteiger partial charge in [-0.25, -0.2) is 19.0 Å². The first kappa shape index (κ1) is 34.2. The van der Waals surface area contributed by atoms with Gasteiger partial charge in [0.05, 0.1) is 25.4 Å². The Bertz CT molecular complexity index is 732. The summed E-state index contributed by atoms with van der Waals surface area (Å²) in [5, 5.41) is 0. The van der Waals surface area contributed by atoms with Crippen LogP contribution >= 0.6 is 0 Å². The Labute approximate surface area is 248 Å². The highest BCUT2D eigenvalue weighted by Crippen LogP contribution is 2.48. The first-order valence-corrected chi connectivity index (χ1v) is 16.6. The van der Waals surface area contributed by atoms with Crippen molar-refractivity contribution in [3.63, 3.8) is 0 Å². The summed E-state index contributed by atoms with van der Waals surface area (Å²) in [6.45, 7) is 10.1. The Morgan fingerprint density at radius 3 is 1.93 bits per heavy atom. The number of ether oxygens (including phenoxy) is 3. The molecule has 0 aromatic carbocycles. The van der Waals surface area contributed by atoms with Crippen molar-refractivity contribution >= 4 is 5.97 Å². The number of carbonyl (C=O) groups excluding carboxylic acids is 1. The second-order valence-corrected chi connectivity index (χ2v) is 12.5. The number of halogens is 1. The molecule has 0 radical (unpaired) electrons. The topological polar surface area (TPSA) is 63.2 Å². The molecule has 236 valence electrons. The number of unbranched alkanes of at least 4 members (excludes halogenated alkanes) is 6. The smallest absolute Gasteiger partial charge is 0.330 e. The van der Waals surface area contributed by atoms with Gasteiger partial charge in [-0.15, -0.1) is 6.58 Å². The highest BCUT2D eigenvalue weighted by atomic mass is 19.1. The Kier molecular flexibility index (Phi) is 17.2. The Hall–Kier alpha value is -1.28. The van der Waals surface area contributed by atoms with E-state index in [0.717, 1.165) is 95.7 Å². The van der Waals surface area contributed by atoms with Crippen LogP contribution in [0.4, 0.5) is 4.39 Å². The minimum atomic E-state index is -0.711. The fraction of sp³-hybridized carbons (Fsp3) is 0.853. The zero-order valence-electron chi connectivity index (χ0n) is 25.5. The van der Waals surface area contributed by atoms with E-state index in [4.69, 9.17) is 24.0 Å². The molecule has 0 saturated heterocycles. The molecule has 0 heterocycles. The van der Waals surface area contributed by atoms with E-state index in [2.05, 4.69) is 13.2 Å². The van der Waals surface area contributed by atoms with Crippen LogP contribution in [0.5, 0.6) is 0 Å². The molecule has 3 aliphatic carbocycles. The third-order valence-corrected chi connectivity index (χ3v) is 9.53. The van der Waals surface area contributed by atoms with Crippen molar-refractivity contribution in [1.29, 1.82) is 0 Å². The summed E-state index contributed by atoms with van der Waals surface area (Å²) in [6, 6.07) is 0. The normalized spacial score (nSPS) is 29.9. The summed E-state index contributed by atoms with van der Waals surface area (Å²) < 4.78 is 32.7. The van der Waals surface area contributed by atoms with Crippen LogP contribution in [0.15, 0.2) is 25.3 Å². The number of hydrogen-bond acceptors (Lipinski definition) is 6. The maximum Gasteiger partial charge on any atom is 0.330 e. The maximum absolute atomic E-state index is 15.3. The van der Waals surface area contributed by atoms with E-state index in [1.165, 1.54) is 38.2 Å². The first-order valence-electron chi connectivity index (χ1n) is 16.6. The fourth-order valence-corrected chi connectivity index (χ4v) is 7.27. The number of alkyl halides is 1. The average molecular weight is 581 g/mol. The van der Waals surface area contributed by atoms with Gasteiger partial charge in [0.25, 0.3) is 0 Å². The van der Waals surface area contributed by atoms with Crippen LogP contribution in [0.3, 0.4) is 0 Å². The number of hydrogen-bond donors (Lipinski definition) is 0. The molecule has 6 nitrogen and oxygen atoms in total. The third-order valence-electron chi connectivity index (χ3n) is 9.53. The molecule has 3 rings (SSSR count). The first-order chi connectivity index (χ1) is 20.1. The highest BCUT2D eigenvalue weighted by molar-refractivity contribution is 5.81. The molecule has 41 heavy (non-hydrogen) atoms. The van der Waals surface area contributed by atoms with Gasteiger partial charge >= 0.3 is 5.97 Å². The number of rotatable bonds is 21. The van der Waals surface area contributed by atoms with Crippen molar-refractivity contribution in [2.45, 2.75) is 128 Å². The zero-order valence-corrected chi connectivity index (χ0v) is 25.5. The second kappa shape index (κ2) is 20.6. The lowest BCUT2D eigenvalue weighted by atomic mass is 9.62. The third kappa shape index (κ3) is 13.3. The van der Waals surface area contributed by atoms with Gasteiger partial charge in [-0.05, 0) is 107 Å². The van der Waals surface area contributed by atoms with Gasteiger partial charge in [-0.1, -0.05) is 31.9 Å². The summed E-state index contributed by atoms with van der Waals surface area (Å²) in [5.41, 5.74) is 0. The van der Waals surface area contributed by atoms with Crippen LogP contribution in [0.25, 0.3) is 0 Å². The molecule has 0 aromatic heterocycles. The summed E-state index contributed by atoms with van der Waals surface area (Å²) in [5.74, 6) is 1.95. The number of esters is 1. The highest BCUT2D eigenvalue weighted by Gasteiger charge is 2.42. The van der Waals surface area contributed by atoms with Gasteiger partial charge in [-0.2, -0.15) is 0 Å². The molecular formula is C34H57FO6. The molecule has 3 aliphatic rings. The minimum absolute atomic E-state index is 0.0932. The van der Waals surface area contributed by atoms with E-state index in [1.54, 1.807) is 6.08 Å². The lowest BCUT2D eigenvalue weighted by molar-refractivity contribution is -0.286. The van der Waals surface area contributed by atoms with E-state index in [0.29, 0.717) is 38.3 Å². The molecule has 3 fully saturated rings. The SMILES string of the molecule is C=CCOOCCCCCCOC1CCC(C2CCC3CC(OCCCCCCOC(=O)C=C)CCC3C2)C(F)C1. The van der Waals surface area contributed by atoms with E-state index >= 15 is 4.39 Å². The van der Waals surface area contributed by atoms with Crippen molar-refractivity contribution in [1.82, 2.24) is 0 Å². The Morgan fingerprint density at radius 2 is 1.24 bits per heavy atom. The predicted molar refractivity (Wildman–Crippen MR) is 160 cm³/mol. The van der Waals surface area contributed by atoms with Crippen molar-refractivity contribution in [3.05, 3.63) is 25.3 Å². The molecule has 3 saturated carbocycles. The second-order valence-electron chi connectivity index (χ2n) is 12.5. The summed E-state index contributed by atoms with van der Waals surface area (Å²) in [4.78, 5) is 21.0. The zero-order chi connectivity index (χ0) is 29.1. The van der Waals surface area contributed by atoms with Crippen molar-refractivity contribution in [2.24, 2.45) is 23.7 Å². The Balaban J connectivity index is 1.20. The molecule has 7 unspecified atom stereocenters. The van der Waals surface area contributed by atoms with Crippen LogP contribution < -0.4 is 0 Å². The molecule has 0 amide bonds. The van der Waals surface area contributed by atoms with E-state index < -0.39 is 6.17 Å². The summed E-state index contributed by atoms with van der Waals surface area (Å²) in [7, 11) is 0. The van der Waals surface area contributed by atoms with Crippen LogP contribution in [0.1, 0.15) is 109 Å². The van der Waals surface area contributed by atoms with Crippen LogP contribution in [0.2, 0.25) is 0 Å². The van der Waals surface area contributed by atoms with Crippen LogP contribution in [0, 0.1) is 23.7 Å². The van der Waals surface area contributed by atoms with Crippen molar-refractivity contribution in [3.8, 4) is 0 Å². The van der Waals surface area contributed by atoms with Gasteiger partial charge in [0.15, 0.2) is 0 Å². The lowest BCUT2D eigenvalue weighted by Crippen LogP contribution is -2.40. The molecule has 0 aliphatic heterocycles. The van der Waals surface area contributed by atoms with Gasteiger partial charge in [0.1, 0.15) is 12.8 Å². The summed E-state index contributed by atoms with van der Waals surface area (Å²) >= 11 is 0. The lowest BCUT2D eigenvalue weighted by Gasteiger charge is -2.46. The van der Waals surface area contributed by atoms with Gasteiger partial charge in [0.2, 0.25) is 0 Å². The number of carbonyl (C=O) groups is 1. The average Bonchev–Trinajstić information content (AvgIpc) is 2.99. The minimum Gasteiger partial charge on any atom is -0.463 e. The van der Waals surface area contributed by atoms with E-state index in [-0.39, 0.29) is 18.0 Å². The largest absolute Gasteiger partial charge is 0.463 e. The fourth-order valence-electron chi connectivity index (χ4n) is 7.27. The standard InChI is InChI=1S/C34H57FO6/c1-3-19-40-41-23-12-8-7-10-21-38-31-17-18-32(33(35)26-31)29-14-13-28-25-30(16-15-27(28)24-29)37-20-9-5-6-11-22-39-34(36)4-2/h3-4,27-33H,1-2,5-26H2. The Morgan fingerprint density at radius 1 is 0.659 bits per heavy atom. The van der Waals surface area contributed by atoms with Crippen LogP contribution in [-0.4, -0.2) is 57.4 Å². The van der Waals surface area contributed by atoms with E-state index in [9.17, 15) is 4.79 Å². The monoisotopic (exact) mass is 580 g/mol.